The minimum Gasteiger partial charge on any atom is -0.508 e. The molecule has 0 unspecified atom stereocenters. The standard InChI is InChI=1S/C17H14ClN3OS/c1-11(12-4-8-15(22)9-5-12)20-21-17-19-16(10-23-17)13-2-6-14(18)7-3-13/h2-10,22H,1H3,(H,19,21)/b20-11-. The fraction of sp³-hybridized carbons (Fsp3) is 0.0588. The van der Waals surface area contributed by atoms with Gasteiger partial charge in [-0.1, -0.05) is 23.7 Å². The second-order valence-electron chi connectivity index (χ2n) is 4.90. The molecule has 2 aromatic carbocycles. The number of anilines is 1. The van der Waals surface area contributed by atoms with Crippen LogP contribution >= 0.6 is 22.9 Å². The third kappa shape index (κ3) is 3.88. The predicted octanol–water partition coefficient (Wildman–Crippen LogP) is 5.01. The molecule has 0 atom stereocenters. The van der Waals surface area contributed by atoms with E-state index < -0.39 is 0 Å². The summed E-state index contributed by atoms with van der Waals surface area (Å²) < 4.78 is 0. The summed E-state index contributed by atoms with van der Waals surface area (Å²) in [5.74, 6) is 0.238. The third-order valence-corrected chi connectivity index (χ3v) is 4.25. The van der Waals surface area contributed by atoms with Crippen LogP contribution in [0.4, 0.5) is 5.13 Å². The molecule has 6 heteroatoms. The molecule has 116 valence electrons. The number of thiazole rings is 1. The van der Waals surface area contributed by atoms with Gasteiger partial charge in [-0.05, 0) is 48.9 Å². The SMILES string of the molecule is C/C(=N/Nc1nc(-c2ccc(Cl)cc2)cs1)c1ccc(O)cc1. The number of phenolic OH excluding ortho intramolecular Hbond substituents is 1. The second kappa shape index (κ2) is 6.81. The number of halogens is 1. The highest BCUT2D eigenvalue weighted by molar-refractivity contribution is 7.14. The number of aromatic nitrogens is 1. The first-order valence-corrected chi connectivity index (χ1v) is 8.19. The van der Waals surface area contributed by atoms with E-state index >= 15 is 0 Å². The first-order chi connectivity index (χ1) is 11.1. The number of benzene rings is 2. The van der Waals surface area contributed by atoms with Crippen LogP contribution in [0.5, 0.6) is 5.75 Å². The molecule has 0 spiro atoms. The lowest BCUT2D eigenvalue weighted by Crippen LogP contribution is -1.99. The molecule has 2 N–H and O–H groups in total. The summed E-state index contributed by atoms with van der Waals surface area (Å²) in [5.41, 5.74) is 6.61. The van der Waals surface area contributed by atoms with Gasteiger partial charge < -0.3 is 5.11 Å². The van der Waals surface area contributed by atoms with Crippen molar-refractivity contribution in [3.63, 3.8) is 0 Å². The first-order valence-electron chi connectivity index (χ1n) is 6.93. The van der Waals surface area contributed by atoms with Crippen LogP contribution in [0.1, 0.15) is 12.5 Å². The zero-order valence-electron chi connectivity index (χ0n) is 12.3. The van der Waals surface area contributed by atoms with Crippen LogP contribution in [0.25, 0.3) is 11.3 Å². The Balaban J connectivity index is 1.72. The van der Waals surface area contributed by atoms with E-state index in [9.17, 15) is 5.11 Å². The molecule has 23 heavy (non-hydrogen) atoms. The van der Waals surface area contributed by atoms with Crippen LogP contribution < -0.4 is 5.43 Å². The maximum Gasteiger partial charge on any atom is 0.203 e. The van der Waals surface area contributed by atoms with E-state index in [1.54, 1.807) is 12.1 Å². The first kappa shape index (κ1) is 15.5. The summed E-state index contributed by atoms with van der Waals surface area (Å²) in [6.07, 6.45) is 0. The van der Waals surface area contributed by atoms with Gasteiger partial charge >= 0.3 is 0 Å². The number of aromatic hydroxyl groups is 1. The molecule has 1 aromatic heterocycles. The molecule has 0 radical (unpaired) electrons. The van der Waals surface area contributed by atoms with Crippen molar-refractivity contribution in [3.8, 4) is 17.0 Å². The predicted molar refractivity (Wildman–Crippen MR) is 96.5 cm³/mol. The van der Waals surface area contributed by atoms with Crippen LogP contribution in [-0.4, -0.2) is 15.8 Å². The topological polar surface area (TPSA) is 57.5 Å². The maximum atomic E-state index is 9.30. The van der Waals surface area contributed by atoms with Gasteiger partial charge in [0.05, 0.1) is 11.4 Å². The van der Waals surface area contributed by atoms with Crippen molar-refractivity contribution in [2.75, 3.05) is 5.43 Å². The van der Waals surface area contributed by atoms with Crippen molar-refractivity contribution < 1.29 is 5.11 Å². The van der Waals surface area contributed by atoms with E-state index in [2.05, 4.69) is 15.5 Å². The Morgan fingerprint density at radius 3 is 2.52 bits per heavy atom. The Hall–Kier alpha value is -2.37. The zero-order valence-corrected chi connectivity index (χ0v) is 13.9. The van der Waals surface area contributed by atoms with Crippen molar-refractivity contribution >= 4 is 33.8 Å². The lowest BCUT2D eigenvalue weighted by molar-refractivity contribution is 0.475. The van der Waals surface area contributed by atoms with Gasteiger partial charge in [0, 0.05) is 16.0 Å². The van der Waals surface area contributed by atoms with Crippen molar-refractivity contribution in [1.29, 1.82) is 0 Å². The Kier molecular flexibility index (Phi) is 4.60. The van der Waals surface area contributed by atoms with Crippen molar-refractivity contribution in [2.24, 2.45) is 5.10 Å². The number of nitrogens with zero attached hydrogens (tertiary/aromatic N) is 2. The summed E-state index contributed by atoms with van der Waals surface area (Å²) in [5, 5.41) is 17.0. The van der Waals surface area contributed by atoms with Crippen LogP contribution in [0.15, 0.2) is 59.0 Å². The zero-order chi connectivity index (χ0) is 16.2. The molecule has 0 aliphatic carbocycles. The van der Waals surface area contributed by atoms with Crippen LogP contribution in [-0.2, 0) is 0 Å². The molecule has 4 nitrogen and oxygen atoms in total. The normalized spacial score (nSPS) is 11.5. The van der Waals surface area contributed by atoms with Gasteiger partial charge in [0.1, 0.15) is 5.75 Å². The number of hydrogen-bond donors (Lipinski definition) is 2. The average molecular weight is 344 g/mol. The quantitative estimate of drug-likeness (QED) is 0.517. The molecule has 0 aliphatic rings. The van der Waals surface area contributed by atoms with Crippen molar-refractivity contribution in [1.82, 2.24) is 4.98 Å². The van der Waals surface area contributed by atoms with E-state index in [4.69, 9.17) is 11.6 Å². The number of phenols is 1. The largest absolute Gasteiger partial charge is 0.508 e. The highest BCUT2D eigenvalue weighted by Crippen LogP contribution is 2.26. The third-order valence-electron chi connectivity index (χ3n) is 3.25. The Bertz CT molecular complexity index is 826. The summed E-state index contributed by atoms with van der Waals surface area (Å²) in [6.45, 7) is 1.90. The minimum atomic E-state index is 0.238. The van der Waals surface area contributed by atoms with Gasteiger partial charge in [0.25, 0.3) is 0 Å². The van der Waals surface area contributed by atoms with E-state index in [0.29, 0.717) is 10.2 Å². The maximum absolute atomic E-state index is 9.30. The average Bonchev–Trinajstić information content (AvgIpc) is 3.03. The second-order valence-corrected chi connectivity index (χ2v) is 6.20. The fourth-order valence-corrected chi connectivity index (χ4v) is 2.76. The summed E-state index contributed by atoms with van der Waals surface area (Å²) in [7, 11) is 0. The molecule has 3 aromatic rings. The monoisotopic (exact) mass is 343 g/mol. The van der Waals surface area contributed by atoms with Gasteiger partial charge in [0.15, 0.2) is 0 Å². The molecular formula is C17H14ClN3OS. The smallest absolute Gasteiger partial charge is 0.203 e. The van der Waals surface area contributed by atoms with Crippen LogP contribution in [0.2, 0.25) is 5.02 Å². The summed E-state index contributed by atoms with van der Waals surface area (Å²) in [4.78, 5) is 4.51. The Labute approximate surface area is 143 Å². The molecule has 0 bridgehead atoms. The van der Waals surface area contributed by atoms with E-state index in [0.717, 1.165) is 22.5 Å². The lowest BCUT2D eigenvalue weighted by atomic mass is 10.1. The van der Waals surface area contributed by atoms with Crippen molar-refractivity contribution in [2.45, 2.75) is 6.92 Å². The molecule has 1 heterocycles. The van der Waals surface area contributed by atoms with Crippen molar-refractivity contribution in [3.05, 3.63) is 64.5 Å². The number of nitrogens with one attached hydrogen (secondary N) is 1. The summed E-state index contributed by atoms with van der Waals surface area (Å²) >= 11 is 7.38. The van der Waals surface area contributed by atoms with Gasteiger partial charge in [-0.3, -0.25) is 5.43 Å². The molecule has 0 saturated carbocycles. The van der Waals surface area contributed by atoms with E-state index in [-0.39, 0.29) is 5.75 Å². The van der Waals surface area contributed by atoms with Crippen LogP contribution in [0, 0.1) is 0 Å². The van der Waals surface area contributed by atoms with Gasteiger partial charge in [-0.15, -0.1) is 11.3 Å². The molecule has 0 fully saturated rings. The highest BCUT2D eigenvalue weighted by Gasteiger charge is 2.04. The summed E-state index contributed by atoms with van der Waals surface area (Å²) in [6, 6.07) is 14.5. The highest BCUT2D eigenvalue weighted by atomic mass is 35.5. The van der Waals surface area contributed by atoms with E-state index in [1.165, 1.54) is 11.3 Å². The lowest BCUT2D eigenvalue weighted by Gasteiger charge is -2.01. The van der Waals surface area contributed by atoms with E-state index in [1.807, 2.05) is 48.7 Å². The van der Waals surface area contributed by atoms with Crippen LogP contribution in [0.3, 0.4) is 0 Å². The minimum absolute atomic E-state index is 0.238. The molecule has 0 aliphatic heterocycles. The van der Waals surface area contributed by atoms with Gasteiger partial charge in [-0.25, -0.2) is 4.98 Å². The number of rotatable bonds is 4. The Morgan fingerprint density at radius 2 is 1.83 bits per heavy atom. The fourth-order valence-electron chi connectivity index (χ4n) is 1.98. The number of hydrogen-bond acceptors (Lipinski definition) is 5. The van der Waals surface area contributed by atoms with Gasteiger partial charge in [-0.2, -0.15) is 5.10 Å². The molecule has 0 saturated heterocycles. The number of hydrazone groups is 1. The molecule has 3 rings (SSSR count). The molecule has 0 amide bonds. The molecular weight excluding hydrogens is 330 g/mol. The van der Waals surface area contributed by atoms with Gasteiger partial charge in [0.2, 0.25) is 5.13 Å². The Morgan fingerprint density at radius 1 is 1.13 bits per heavy atom.